The Balaban J connectivity index is 1.81. The van der Waals surface area contributed by atoms with Crippen LogP contribution >= 0.6 is 23.2 Å². The fraction of sp³-hybridized carbons (Fsp3) is 0.333. The molecule has 0 fully saturated rings. The van der Waals surface area contributed by atoms with Crippen LogP contribution in [0.4, 0.5) is 11.8 Å². The number of halogens is 2. The van der Waals surface area contributed by atoms with E-state index in [-0.39, 0.29) is 31.6 Å². The predicted molar refractivity (Wildman–Crippen MR) is 97.5 cm³/mol. The molecular weight excluding hydrogens is 385 g/mol. The Labute approximate surface area is 159 Å². The lowest BCUT2D eigenvalue weighted by Gasteiger charge is -2.09. The monoisotopic (exact) mass is 401 g/mol. The molecule has 0 aliphatic rings. The molecule has 1 heterocycles. The maximum Gasteiger partial charge on any atom is 0.329 e. The van der Waals surface area contributed by atoms with E-state index in [1.807, 2.05) is 0 Å². The highest BCUT2D eigenvalue weighted by atomic mass is 35.5. The van der Waals surface area contributed by atoms with Gasteiger partial charge in [-0.05, 0) is 6.07 Å². The molecule has 11 heteroatoms. The molecule has 2 rings (SSSR count). The SMILES string of the molecule is Nc1nc(NCCOCCOCC(=O)O)nnc1-c1cccc(Cl)c1Cl. The minimum atomic E-state index is -1.02. The third kappa shape index (κ3) is 5.95. The van der Waals surface area contributed by atoms with Crippen LogP contribution in [0.1, 0.15) is 0 Å². The lowest BCUT2D eigenvalue weighted by molar-refractivity contribution is -0.142. The second-order valence-corrected chi connectivity index (χ2v) is 5.74. The fourth-order valence-corrected chi connectivity index (χ4v) is 2.30. The average Bonchev–Trinajstić information content (AvgIpc) is 2.60. The standard InChI is InChI=1S/C15H17Cl2N5O4/c16-10-3-1-2-9(12(10)17)13-14(18)20-15(22-21-13)19-4-5-25-6-7-26-8-11(23)24/h1-3H,4-8H2,(H,23,24)(H3,18,19,20,22). The van der Waals surface area contributed by atoms with Crippen LogP contribution in [-0.2, 0) is 14.3 Å². The fourth-order valence-electron chi connectivity index (χ4n) is 1.91. The highest BCUT2D eigenvalue weighted by Crippen LogP contribution is 2.34. The summed E-state index contributed by atoms with van der Waals surface area (Å²) < 4.78 is 10.1. The number of carbonyl (C=O) groups is 1. The summed E-state index contributed by atoms with van der Waals surface area (Å²) in [7, 11) is 0. The third-order valence-electron chi connectivity index (χ3n) is 3.05. The van der Waals surface area contributed by atoms with Crippen LogP contribution < -0.4 is 11.1 Å². The van der Waals surface area contributed by atoms with E-state index < -0.39 is 5.97 Å². The van der Waals surface area contributed by atoms with Gasteiger partial charge in [-0.25, -0.2) is 4.79 Å². The van der Waals surface area contributed by atoms with E-state index in [0.29, 0.717) is 34.5 Å². The van der Waals surface area contributed by atoms with Gasteiger partial charge in [-0.3, -0.25) is 0 Å². The van der Waals surface area contributed by atoms with Gasteiger partial charge in [0.2, 0.25) is 5.95 Å². The van der Waals surface area contributed by atoms with Crippen molar-refractivity contribution in [1.29, 1.82) is 0 Å². The number of nitrogens with two attached hydrogens (primary N) is 1. The van der Waals surface area contributed by atoms with Gasteiger partial charge in [0, 0.05) is 12.1 Å². The van der Waals surface area contributed by atoms with Crippen LogP contribution in [0, 0.1) is 0 Å². The molecule has 0 atom stereocenters. The van der Waals surface area contributed by atoms with Crippen molar-refractivity contribution in [3.05, 3.63) is 28.2 Å². The number of nitrogens with one attached hydrogen (secondary N) is 1. The Morgan fingerprint density at radius 2 is 1.96 bits per heavy atom. The number of hydrogen-bond acceptors (Lipinski definition) is 8. The van der Waals surface area contributed by atoms with Gasteiger partial charge in [0.15, 0.2) is 5.82 Å². The Bertz CT molecular complexity index is 763. The first-order chi connectivity index (χ1) is 12.5. The minimum Gasteiger partial charge on any atom is -0.480 e. The Kier molecular flexibility index (Phi) is 7.79. The van der Waals surface area contributed by atoms with Crippen LogP contribution in [0.15, 0.2) is 18.2 Å². The number of carboxylic acid groups (broad SMARTS) is 1. The molecular formula is C15H17Cl2N5O4. The lowest BCUT2D eigenvalue weighted by Crippen LogP contribution is -2.16. The quantitative estimate of drug-likeness (QED) is 0.510. The van der Waals surface area contributed by atoms with E-state index in [1.54, 1.807) is 18.2 Å². The number of anilines is 2. The molecule has 0 radical (unpaired) electrons. The number of benzene rings is 1. The highest BCUT2D eigenvalue weighted by Gasteiger charge is 2.13. The summed E-state index contributed by atoms with van der Waals surface area (Å²) in [4.78, 5) is 14.4. The molecule has 0 saturated heterocycles. The zero-order valence-corrected chi connectivity index (χ0v) is 15.1. The Morgan fingerprint density at radius 1 is 1.19 bits per heavy atom. The first kappa shape index (κ1) is 20.1. The predicted octanol–water partition coefficient (Wildman–Crippen LogP) is 1.96. The van der Waals surface area contributed by atoms with Crippen molar-refractivity contribution in [2.45, 2.75) is 0 Å². The maximum atomic E-state index is 10.2. The Hall–Kier alpha value is -2.20. The molecule has 0 amide bonds. The first-order valence-corrected chi connectivity index (χ1v) is 8.30. The molecule has 0 spiro atoms. The van der Waals surface area contributed by atoms with Gasteiger partial charge in [0.05, 0.1) is 29.9 Å². The molecule has 140 valence electrons. The summed E-state index contributed by atoms with van der Waals surface area (Å²) in [6.45, 7) is 0.900. The van der Waals surface area contributed by atoms with Crippen molar-refractivity contribution in [2.75, 3.05) is 44.0 Å². The largest absolute Gasteiger partial charge is 0.480 e. The normalized spacial score (nSPS) is 10.7. The zero-order valence-electron chi connectivity index (χ0n) is 13.6. The summed E-state index contributed by atoms with van der Waals surface area (Å²) in [6, 6.07) is 5.12. The molecule has 9 nitrogen and oxygen atoms in total. The second kappa shape index (κ2) is 10.1. The van der Waals surface area contributed by atoms with Gasteiger partial charge >= 0.3 is 5.97 Å². The van der Waals surface area contributed by atoms with Crippen LogP contribution in [0.3, 0.4) is 0 Å². The number of nitrogen functional groups attached to an aromatic ring is 1. The number of ether oxygens (including phenoxy) is 2. The van der Waals surface area contributed by atoms with Crippen molar-refractivity contribution >= 4 is 40.9 Å². The topological polar surface area (TPSA) is 132 Å². The zero-order chi connectivity index (χ0) is 18.9. The summed E-state index contributed by atoms with van der Waals surface area (Å²) in [5, 5.41) is 20.0. The second-order valence-electron chi connectivity index (χ2n) is 4.96. The van der Waals surface area contributed by atoms with E-state index in [1.165, 1.54) is 0 Å². The molecule has 0 saturated carbocycles. The number of carboxylic acids is 1. The molecule has 0 aliphatic carbocycles. The number of nitrogens with zero attached hydrogens (tertiary/aromatic N) is 3. The van der Waals surface area contributed by atoms with Crippen molar-refractivity contribution in [3.63, 3.8) is 0 Å². The van der Waals surface area contributed by atoms with Crippen molar-refractivity contribution in [1.82, 2.24) is 15.2 Å². The third-order valence-corrected chi connectivity index (χ3v) is 3.87. The van der Waals surface area contributed by atoms with Gasteiger partial charge in [0.1, 0.15) is 12.3 Å². The van der Waals surface area contributed by atoms with Crippen LogP contribution in [0.25, 0.3) is 11.3 Å². The van der Waals surface area contributed by atoms with Gasteiger partial charge < -0.3 is 25.6 Å². The first-order valence-electron chi connectivity index (χ1n) is 7.54. The van der Waals surface area contributed by atoms with E-state index in [9.17, 15) is 4.79 Å². The maximum absolute atomic E-state index is 10.2. The summed E-state index contributed by atoms with van der Waals surface area (Å²) in [6.07, 6.45) is 0. The number of aromatic nitrogens is 3. The van der Waals surface area contributed by atoms with Gasteiger partial charge in [-0.1, -0.05) is 35.3 Å². The number of aliphatic carboxylic acids is 1. The summed E-state index contributed by atoms with van der Waals surface area (Å²) >= 11 is 12.1. The van der Waals surface area contributed by atoms with E-state index in [0.717, 1.165) is 0 Å². The number of rotatable bonds is 10. The smallest absolute Gasteiger partial charge is 0.329 e. The average molecular weight is 402 g/mol. The van der Waals surface area contributed by atoms with Crippen molar-refractivity contribution < 1.29 is 19.4 Å². The summed E-state index contributed by atoms with van der Waals surface area (Å²) in [5.74, 6) is -0.610. The number of hydrogen-bond donors (Lipinski definition) is 3. The van der Waals surface area contributed by atoms with E-state index in [2.05, 4.69) is 20.5 Å². The van der Waals surface area contributed by atoms with Gasteiger partial charge in [-0.15, -0.1) is 10.2 Å². The van der Waals surface area contributed by atoms with Gasteiger partial charge in [0.25, 0.3) is 0 Å². The molecule has 0 aliphatic heterocycles. The van der Waals surface area contributed by atoms with Crippen LogP contribution in [0.2, 0.25) is 10.0 Å². The molecule has 0 unspecified atom stereocenters. The van der Waals surface area contributed by atoms with Gasteiger partial charge in [-0.2, -0.15) is 4.98 Å². The van der Waals surface area contributed by atoms with E-state index in [4.69, 9.17) is 43.5 Å². The molecule has 26 heavy (non-hydrogen) atoms. The van der Waals surface area contributed by atoms with Crippen molar-refractivity contribution in [2.24, 2.45) is 0 Å². The molecule has 1 aromatic heterocycles. The highest BCUT2D eigenvalue weighted by molar-refractivity contribution is 6.43. The Morgan fingerprint density at radius 3 is 2.69 bits per heavy atom. The van der Waals surface area contributed by atoms with E-state index >= 15 is 0 Å². The molecule has 0 bridgehead atoms. The van der Waals surface area contributed by atoms with Crippen molar-refractivity contribution in [3.8, 4) is 11.3 Å². The lowest BCUT2D eigenvalue weighted by atomic mass is 10.1. The molecule has 2 aromatic rings. The summed E-state index contributed by atoms with van der Waals surface area (Å²) in [5.41, 5.74) is 6.82. The molecule has 1 aromatic carbocycles. The van der Waals surface area contributed by atoms with Crippen LogP contribution in [0.5, 0.6) is 0 Å². The molecule has 4 N–H and O–H groups in total. The minimum absolute atomic E-state index is 0.162. The van der Waals surface area contributed by atoms with Crippen LogP contribution in [-0.4, -0.2) is 59.2 Å².